The van der Waals surface area contributed by atoms with E-state index in [9.17, 15) is 61.6 Å². The average molecular weight is 2040 g/mol. The quantitative estimate of drug-likeness (QED) is 0.0211. The van der Waals surface area contributed by atoms with Gasteiger partial charge in [-0.25, -0.2) is 42.5 Å². The smallest absolute Gasteiger partial charge is 0.191 e. The Bertz CT molecular complexity index is 7610. The first-order valence-corrected chi connectivity index (χ1v) is 52.1. The molecule has 4 atom stereocenters. The van der Waals surface area contributed by atoms with Crippen LogP contribution in [0.4, 0.5) is 31.5 Å². The number of hydrogen-bond donors (Lipinski definition) is 8. The number of carbonyl (C=O) groups excluding carboxylic acids is 4. The van der Waals surface area contributed by atoms with E-state index in [4.69, 9.17) is 65.4 Å². The van der Waals surface area contributed by atoms with Crippen LogP contribution >= 0.6 is 46.4 Å². The number of aromatic amines is 4. The Morgan fingerprint density at radius 3 is 0.906 bits per heavy atom. The van der Waals surface area contributed by atoms with Crippen LogP contribution in [0.5, 0.6) is 23.0 Å². The van der Waals surface area contributed by atoms with E-state index in [2.05, 4.69) is 41.2 Å². The number of carbonyl (C=O) groups is 4. The fourth-order valence-electron chi connectivity index (χ4n) is 16.2. The molecule has 24 nitrogen and oxygen atoms in total. The first kappa shape index (κ1) is 103. The van der Waals surface area contributed by atoms with Crippen molar-refractivity contribution < 1.29 is 80.6 Å². The van der Waals surface area contributed by atoms with Crippen LogP contribution in [0.15, 0.2) is 245 Å². The molecule has 0 bridgehead atoms. The highest BCUT2D eigenvalue weighted by Gasteiger charge is 2.34. The zero-order chi connectivity index (χ0) is 101. The summed E-state index contributed by atoms with van der Waals surface area (Å²) in [6, 6.07) is 51.7. The van der Waals surface area contributed by atoms with E-state index in [1.165, 1.54) is 89.1 Å². The summed E-state index contributed by atoms with van der Waals surface area (Å²) in [5, 5.41) is 17.8. The molecule has 0 aliphatic rings. The number of aromatic nitrogens is 4. The minimum absolute atomic E-state index is 0.0445. The number of nitrogens with one attached hydrogen (secondary N) is 8. The SMILES string of the molecule is COc1cc(NC(C(=O)c2c[nH]c3c(C)c(C)ccc23)c2ccc(Cl)cc2C)cc(S(C)(=O)=O)c1.COc1cc(NC(C(=O)c2c[nH]c3cc(C)c(F)cc23)c2ccc(Cl)cc2C)cc(S(C)(=O)=O)c1.COc1cc(NC(C(=O)c2c[nH]c3cc(F)c(C)cc23)c2ccc(Cl)cc2C)cc(S(C)(=O)=O)c1.COc1cc(NC(C(=O)c2c[nH]c3ccc(C)cc23)c2ccc(Cl)cc2C)cc(S(C)(=O)=O)c1. The fourth-order valence-corrected chi connectivity index (χ4v) is 19.8. The molecule has 0 spiro atoms. The minimum atomic E-state index is -3.54. The minimum Gasteiger partial charge on any atom is -0.497 e. The van der Waals surface area contributed by atoms with Gasteiger partial charge in [-0.1, -0.05) is 94.4 Å². The number of ketones is 4. The van der Waals surface area contributed by atoms with E-state index in [1.54, 1.807) is 136 Å². The van der Waals surface area contributed by atoms with Crippen molar-refractivity contribution in [3.05, 3.63) is 351 Å². The summed E-state index contributed by atoms with van der Waals surface area (Å²) in [5.74, 6) is -0.327. The van der Waals surface area contributed by atoms with Crippen molar-refractivity contribution in [3.63, 3.8) is 0 Å². The van der Waals surface area contributed by atoms with Crippen LogP contribution in [0.1, 0.15) is 138 Å². The first-order chi connectivity index (χ1) is 65.5. The summed E-state index contributed by atoms with van der Waals surface area (Å²) >= 11 is 24.7. The Morgan fingerprint density at radius 2 is 0.583 bits per heavy atom. The highest BCUT2D eigenvalue weighted by molar-refractivity contribution is 7.91. The molecule has 34 heteroatoms. The molecule has 0 fully saturated rings. The van der Waals surface area contributed by atoms with Gasteiger partial charge in [-0.3, -0.25) is 19.2 Å². The molecule has 16 aromatic rings. The number of aryl methyl sites for hydroxylation is 9. The van der Waals surface area contributed by atoms with Crippen LogP contribution in [0.2, 0.25) is 20.1 Å². The molecule has 722 valence electrons. The van der Waals surface area contributed by atoms with Crippen LogP contribution in [0.3, 0.4) is 0 Å². The molecule has 12 aromatic carbocycles. The van der Waals surface area contributed by atoms with Crippen molar-refractivity contribution in [2.45, 2.75) is 106 Å². The van der Waals surface area contributed by atoms with Gasteiger partial charge in [-0.2, -0.15) is 0 Å². The zero-order valence-electron chi connectivity index (χ0n) is 78.6. The molecule has 8 N–H and O–H groups in total. The highest BCUT2D eigenvalue weighted by atomic mass is 35.5. The van der Waals surface area contributed by atoms with Crippen LogP contribution in [-0.2, 0) is 39.3 Å². The van der Waals surface area contributed by atoms with Crippen molar-refractivity contribution in [2.24, 2.45) is 0 Å². The second-order valence-electron chi connectivity index (χ2n) is 34.0. The van der Waals surface area contributed by atoms with Gasteiger partial charge in [0.05, 0.1) is 48.0 Å². The van der Waals surface area contributed by atoms with E-state index >= 15 is 0 Å². The van der Waals surface area contributed by atoms with E-state index in [-0.39, 0.29) is 48.5 Å². The zero-order valence-corrected chi connectivity index (χ0v) is 84.9. The Kier molecular flexibility index (Phi) is 31.3. The number of rotatable bonds is 28. The van der Waals surface area contributed by atoms with Gasteiger partial charge in [-0.05, 0) is 263 Å². The van der Waals surface area contributed by atoms with Gasteiger partial charge in [0.25, 0.3) is 0 Å². The van der Waals surface area contributed by atoms with Gasteiger partial charge in [0.2, 0.25) is 0 Å². The van der Waals surface area contributed by atoms with Crippen molar-refractivity contribution in [1.29, 1.82) is 0 Å². The molecule has 0 radical (unpaired) electrons. The predicted octanol–water partition coefficient (Wildman–Crippen LogP) is 24.1. The standard InChI is InChI=1S/C27H27ClN2O4S.2C26H24ClFN2O4S.C26H25ClN2O4S/c1-15-6-8-23-24(14-29-25(23)17(15)3)27(31)26(22-9-7-18(28)10-16(22)2)30-19-11-20(34-4)13-21(12-19)35(5,32)33;1-14-7-16(27)5-6-20(14)25(30-17-9-18(34-3)11-19(10-17)35(4,32)33)26(31)22-13-29-24-8-15(2)23(28)12-21(22)24;1-14-7-16(27)5-6-20(14)25(30-17-9-18(34-3)11-19(10-17)35(4,32)33)26(31)22-13-29-24-12-23(28)15(2)8-21(22)24;1-15-5-8-24-22(9-15)23(14-28-24)26(30)25(21-7-6-17(27)10-16(21)2)29-18-11-19(33-3)13-20(12-18)34(4,31)32/h6-14,26,29-30H,1-5H3;2*5-13,25,29-30H,1-4H3;5-14,25,28-29H,1-4H3. The number of fused-ring (bicyclic) bond motifs is 4. The molecule has 0 saturated heterocycles. The lowest BCUT2D eigenvalue weighted by Crippen LogP contribution is -2.22. The fraction of sp³-hybridized carbons (Fsp3) is 0.200. The first-order valence-electron chi connectivity index (χ1n) is 43.0. The molecule has 0 saturated carbocycles. The number of H-pyrrole nitrogens is 4. The number of Topliss-reactive ketones (excluding diaryl/α,β-unsaturated/α-hetero) is 4. The molecule has 0 amide bonds. The van der Waals surface area contributed by atoms with Gasteiger partial charge in [0, 0.05) is 183 Å². The third-order valence-electron chi connectivity index (χ3n) is 23.8. The summed E-state index contributed by atoms with van der Waals surface area (Å²) < 4.78 is 148. The van der Waals surface area contributed by atoms with Crippen molar-refractivity contribution in [1.82, 2.24) is 19.9 Å². The van der Waals surface area contributed by atoms with Crippen LogP contribution in [-0.4, -0.2) is 130 Å². The summed E-state index contributed by atoms with van der Waals surface area (Å²) in [5.41, 5.74) is 16.5. The summed E-state index contributed by atoms with van der Waals surface area (Å²) in [6.45, 7) is 16.8. The van der Waals surface area contributed by atoms with E-state index in [1.807, 2.05) is 90.9 Å². The number of sulfone groups is 4. The third-order valence-corrected chi connectivity index (χ3v) is 29.2. The van der Waals surface area contributed by atoms with Gasteiger partial charge < -0.3 is 60.2 Å². The maximum absolute atomic E-state index is 14.4. The van der Waals surface area contributed by atoms with Gasteiger partial charge in [-0.15, -0.1) is 0 Å². The van der Waals surface area contributed by atoms with Gasteiger partial charge in [0.1, 0.15) is 58.8 Å². The summed E-state index contributed by atoms with van der Waals surface area (Å²) in [4.78, 5) is 68.5. The highest BCUT2D eigenvalue weighted by Crippen LogP contribution is 2.41. The summed E-state index contributed by atoms with van der Waals surface area (Å²) in [6.07, 6.45) is 11.0. The van der Waals surface area contributed by atoms with Gasteiger partial charge in [0.15, 0.2) is 62.5 Å². The van der Waals surface area contributed by atoms with Crippen LogP contribution < -0.4 is 40.2 Å². The topological polar surface area (TPSA) is 353 Å². The molecular formula is C105H100Cl4F2N8O16S4. The van der Waals surface area contributed by atoms with Gasteiger partial charge >= 0.3 is 0 Å². The normalized spacial score (nSPS) is 12.5. The number of hydrogen-bond acceptors (Lipinski definition) is 20. The van der Waals surface area contributed by atoms with Crippen LogP contribution in [0.25, 0.3) is 43.6 Å². The number of ether oxygens (including phenoxy) is 4. The lowest BCUT2D eigenvalue weighted by atomic mass is 9.93. The maximum Gasteiger partial charge on any atom is 0.191 e. The third kappa shape index (κ3) is 23.8. The molecular weight excluding hydrogens is 1940 g/mol. The lowest BCUT2D eigenvalue weighted by Gasteiger charge is -2.22. The molecule has 4 aromatic heterocycles. The largest absolute Gasteiger partial charge is 0.497 e. The number of benzene rings is 12. The molecule has 16 rings (SSSR count). The van der Waals surface area contributed by atoms with E-state index in [0.29, 0.717) is 132 Å². The Balaban J connectivity index is 0.000000156. The second-order valence-corrected chi connectivity index (χ2v) is 43.8. The molecule has 4 unspecified atom stereocenters. The lowest BCUT2D eigenvalue weighted by molar-refractivity contribution is 0.0963. The Labute approximate surface area is 824 Å². The molecule has 4 heterocycles. The predicted molar refractivity (Wildman–Crippen MR) is 549 cm³/mol. The molecule has 0 aliphatic heterocycles. The Morgan fingerprint density at radius 1 is 0.295 bits per heavy atom. The van der Waals surface area contributed by atoms with Crippen molar-refractivity contribution >= 4 is 175 Å². The number of methoxy groups -OCH3 is 4. The molecule has 139 heavy (non-hydrogen) atoms. The van der Waals surface area contributed by atoms with Crippen molar-refractivity contribution in [3.8, 4) is 23.0 Å². The Hall–Kier alpha value is -13.3. The maximum atomic E-state index is 14.4. The van der Waals surface area contributed by atoms with E-state index in [0.717, 1.165) is 96.9 Å². The summed E-state index contributed by atoms with van der Waals surface area (Å²) in [7, 11) is -8.28. The monoisotopic (exact) mass is 2030 g/mol. The van der Waals surface area contributed by atoms with Crippen molar-refractivity contribution in [2.75, 3.05) is 74.7 Å². The number of halogens is 6. The average Bonchev–Trinajstić information content (AvgIpc) is 1.68. The van der Waals surface area contributed by atoms with E-state index < -0.39 is 69.3 Å². The molecule has 0 aliphatic carbocycles. The second kappa shape index (κ2) is 42.2. The van der Waals surface area contributed by atoms with Crippen LogP contribution in [0, 0.1) is 73.9 Å². The number of anilines is 4.